The molecule has 4 heterocycles. The number of hydrogen-bond acceptors (Lipinski definition) is 6. The molecule has 0 radical (unpaired) electrons. The second kappa shape index (κ2) is 9.82. The summed E-state index contributed by atoms with van der Waals surface area (Å²) in [6.07, 6.45) is 5.84. The fourth-order valence-electron chi connectivity index (χ4n) is 6.44. The molecule has 3 fully saturated rings. The van der Waals surface area contributed by atoms with Crippen molar-refractivity contribution in [3.63, 3.8) is 0 Å². The Morgan fingerprint density at radius 3 is 2.43 bits per heavy atom. The number of aromatic nitrogens is 2. The van der Waals surface area contributed by atoms with E-state index in [1.165, 1.54) is 12.8 Å². The fraction of sp³-hybridized carbons (Fsp3) is 0.692. The minimum Gasteiger partial charge on any atom is -0.348 e. The lowest BCUT2D eigenvalue weighted by Crippen LogP contribution is -2.52. The van der Waals surface area contributed by atoms with Gasteiger partial charge in [-0.05, 0) is 65.5 Å². The molecule has 1 aromatic carbocycles. The van der Waals surface area contributed by atoms with Crippen LogP contribution in [0.1, 0.15) is 68.9 Å². The summed E-state index contributed by atoms with van der Waals surface area (Å²) in [5.41, 5.74) is 1.53. The predicted octanol–water partition coefficient (Wildman–Crippen LogP) is 2.85. The summed E-state index contributed by atoms with van der Waals surface area (Å²) in [7, 11) is -0.684. The van der Waals surface area contributed by atoms with Crippen molar-refractivity contribution < 1.29 is 13.2 Å². The van der Waals surface area contributed by atoms with Crippen LogP contribution in [0.5, 0.6) is 0 Å². The number of fused-ring (bicyclic) bond motifs is 3. The van der Waals surface area contributed by atoms with Crippen molar-refractivity contribution >= 4 is 26.6 Å². The van der Waals surface area contributed by atoms with E-state index in [-0.39, 0.29) is 18.0 Å². The van der Waals surface area contributed by atoms with Gasteiger partial charge in [0.25, 0.3) is 5.91 Å². The Morgan fingerprint density at radius 2 is 1.77 bits per heavy atom. The molecule has 3 aliphatic heterocycles. The van der Waals surface area contributed by atoms with Crippen LogP contribution in [0.15, 0.2) is 24.3 Å². The van der Waals surface area contributed by atoms with E-state index in [2.05, 4.69) is 41.1 Å². The first-order chi connectivity index (χ1) is 16.7. The van der Waals surface area contributed by atoms with Crippen molar-refractivity contribution in [2.45, 2.75) is 82.6 Å². The number of benzene rings is 1. The molecule has 1 N–H and O–H groups in total. The molecule has 9 heteroatoms. The van der Waals surface area contributed by atoms with Crippen LogP contribution >= 0.6 is 0 Å². The van der Waals surface area contributed by atoms with Crippen molar-refractivity contribution in [2.75, 3.05) is 31.6 Å². The van der Waals surface area contributed by atoms with Gasteiger partial charge in [0.15, 0.2) is 5.69 Å². The van der Waals surface area contributed by atoms with Gasteiger partial charge in [-0.15, -0.1) is 0 Å². The molecule has 2 aromatic rings. The maximum atomic E-state index is 13.3. The first-order valence-electron chi connectivity index (χ1n) is 13.2. The zero-order chi connectivity index (χ0) is 24.7. The lowest BCUT2D eigenvalue weighted by molar-refractivity contribution is 0.0793. The van der Waals surface area contributed by atoms with Crippen molar-refractivity contribution in [3.8, 4) is 0 Å². The Hall–Kier alpha value is -1.97. The maximum Gasteiger partial charge on any atom is 0.272 e. The third-order valence-electron chi connectivity index (χ3n) is 8.40. The number of sulfone groups is 1. The largest absolute Gasteiger partial charge is 0.348 e. The van der Waals surface area contributed by atoms with E-state index in [9.17, 15) is 13.2 Å². The van der Waals surface area contributed by atoms with Gasteiger partial charge < -0.3 is 10.2 Å². The third kappa shape index (κ3) is 5.13. The summed E-state index contributed by atoms with van der Waals surface area (Å²) >= 11 is 0. The van der Waals surface area contributed by atoms with Crippen LogP contribution in [-0.2, 0) is 9.84 Å². The summed E-state index contributed by atoms with van der Waals surface area (Å²) in [4.78, 5) is 18.3. The summed E-state index contributed by atoms with van der Waals surface area (Å²) < 4.78 is 25.4. The van der Waals surface area contributed by atoms with Crippen molar-refractivity contribution in [2.24, 2.45) is 0 Å². The van der Waals surface area contributed by atoms with Crippen molar-refractivity contribution in [1.29, 1.82) is 0 Å². The second-order valence-corrected chi connectivity index (χ2v) is 13.3. The third-order valence-corrected chi connectivity index (χ3v) is 10.1. The van der Waals surface area contributed by atoms with Gasteiger partial charge in [-0.2, -0.15) is 5.10 Å². The molecule has 0 unspecified atom stereocenters. The number of carbonyl (C=O) groups excluding carboxylic acids is 1. The SMILES string of the molecule is CC(C)n1nc(C(=O)N[C@@H]2C[C@H]3CC[C@@H](C2)N3CCN(C)C2CCS(=O)(=O)CC2)c2ccccc21. The highest BCUT2D eigenvalue weighted by Crippen LogP contribution is 2.36. The van der Waals surface area contributed by atoms with Crippen LogP contribution in [0.4, 0.5) is 0 Å². The number of nitrogens with zero attached hydrogens (tertiary/aromatic N) is 4. The number of rotatable bonds is 7. The lowest BCUT2D eigenvalue weighted by Gasteiger charge is -2.40. The smallest absolute Gasteiger partial charge is 0.272 e. The Bertz CT molecular complexity index is 1150. The Kier molecular flexibility index (Phi) is 6.94. The predicted molar refractivity (Wildman–Crippen MR) is 138 cm³/mol. The Morgan fingerprint density at radius 1 is 1.11 bits per heavy atom. The lowest BCUT2D eigenvalue weighted by atomic mass is 9.97. The molecule has 0 saturated carbocycles. The Labute approximate surface area is 208 Å². The van der Waals surface area contributed by atoms with Crippen molar-refractivity contribution in [1.82, 2.24) is 24.9 Å². The number of amides is 1. The molecule has 3 saturated heterocycles. The second-order valence-electron chi connectivity index (χ2n) is 11.0. The van der Waals surface area contributed by atoms with Gasteiger partial charge in [0.1, 0.15) is 9.84 Å². The van der Waals surface area contributed by atoms with Crippen LogP contribution in [0.3, 0.4) is 0 Å². The average molecular weight is 502 g/mol. The van der Waals surface area contributed by atoms with Gasteiger partial charge in [-0.3, -0.25) is 14.4 Å². The first-order valence-corrected chi connectivity index (χ1v) is 15.0. The minimum atomic E-state index is -2.82. The van der Waals surface area contributed by atoms with Crippen LogP contribution in [0, 0.1) is 0 Å². The number of hydrogen-bond donors (Lipinski definition) is 1. The molecule has 2 bridgehead atoms. The highest BCUT2D eigenvalue weighted by Gasteiger charge is 2.41. The highest BCUT2D eigenvalue weighted by molar-refractivity contribution is 7.91. The van der Waals surface area contributed by atoms with E-state index in [0.717, 1.165) is 49.7 Å². The molecule has 3 atom stereocenters. The Balaban J connectivity index is 1.18. The number of para-hydroxylation sites is 1. The van der Waals surface area contributed by atoms with Gasteiger partial charge in [-0.25, -0.2) is 8.42 Å². The quantitative estimate of drug-likeness (QED) is 0.628. The molecule has 3 aliphatic rings. The van der Waals surface area contributed by atoms with E-state index in [0.29, 0.717) is 35.3 Å². The number of nitrogens with one attached hydrogen (secondary N) is 1. The van der Waals surface area contributed by atoms with Gasteiger partial charge in [-0.1, -0.05) is 18.2 Å². The topological polar surface area (TPSA) is 87.5 Å². The van der Waals surface area contributed by atoms with E-state index in [4.69, 9.17) is 0 Å². The van der Waals surface area contributed by atoms with Gasteiger partial charge in [0, 0.05) is 48.7 Å². The van der Waals surface area contributed by atoms with E-state index in [1.54, 1.807) is 0 Å². The number of likely N-dealkylation sites (N-methyl/N-ethyl adjacent to an activating group) is 1. The normalized spacial score (nSPS) is 27.2. The summed E-state index contributed by atoms with van der Waals surface area (Å²) in [6, 6.07) is 9.72. The monoisotopic (exact) mass is 501 g/mol. The van der Waals surface area contributed by atoms with Gasteiger partial charge in [0.2, 0.25) is 0 Å². The zero-order valence-electron chi connectivity index (χ0n) is 21.2. The molecule has 8 nitrogen and oxygen atoms in total. The van der Waals surface area contributed by atoms with Crippen molar-refractivity contribution in [3.05, 3.63) is 30.0 Å². The average Bonchev–Trinajstić information content (AvgIpc) is 3.32. The zero-order valence-corrected chi connectivity index (χ0v) is 22.0. The molecule has 192 valence electrons. The van der Waals surface area contributed by atoms with E-state index >= 15 is 0 Å². The van der Waals surface area contributed by atoms with E-state index in [1.807, 2.05) is 28.9 Å². The minimum absolute atomic E-state index is 0.0644. The standard InChI is InChI=1S/C26H39N5O3S/c1-18(2)31-24-7-5-4-6-23(24)25(28-31)26(32)27-19-16-21-8-9-22(17-19)30(21)13-12-29(3)20-10-14-35(33,34)15-11-20/h4-7,18-22H,8-17H2,1-3H3,(H,27,32)/t19-,21-,22+. The summed E-state index contributed by atoms with van der Waals surface area (Å²) in [5.74, 6) is 0.581. The van der Waals surface area contributed by atoms with Crippen LogP contribution in [0.2, 0.25) is 0 Å². The molecule has 0 spiro atoms. The molecule has 1 amide bonds. The summed E-state index contributed by atoms with van der Waals surface area (Å²) in [5, 5.41) is 8.91. The molecule has 5 rings (SSSR count). The molecular weight excluding hydrogens is 462 g/mol. The molecule has 0 aliphatic carbocycles. The van der Waals surface area contributed by atoms with Crippen LogP contribution in [0.25, 0.3) is 10.9 Å². The van der Waals surface area contributed by atoms with Gasteiger partial charge in [0.05, 0.1) is 17.0 Å². The number of piperidine rings is 1. The highest BCUT2D eigenvalue weighted by atomic mass is 32.2. The van der Waals surface area contributed by atoms with E-state index < -0.39 is 9.84 Å². The first kappa shape index (κ1) is 24.7. The molecular formula is C26H39N5O3S. The van der Waals surface area contributed by atoms with Crippen LogP contribution < -0.4 is 5.32 Å². The fourth-order valence-corrected chi connectivity index (χ4v) is 7.90. The number of carbonyl (C=O) groups is 1. The summed E-state index contributed by atoms with van der Waals surface area (Å²) in [6.45, 7) is 6.15. The molecule has 1 aromatic heterocycles. The van der Waals surface area contributed by atoms with Gasteiger partial charge >= 0.3 is 0 Å². The molecule has 35 heavy (non-hydrogen) atoms. The van der Waals surface area contributed by atoms with Crippen LogP contribution in [-0.4, -0.2) is 89.7 Å². The maximum absolute atomic E-state index is 13.3.